The van der Waals surface area contributed by atoms with Crippen molar-refractivity contribution in [1.82, 2.24) is 9.97 Å². The van der Waals surface area contributed by atoms with Crippen LogP contribution in [0.15, 0.2) is 66.9 Å². The van der Waals surface area contributed by atoms with E-state index in [0.29, 0.717) is 16.8 Å². The number of nitrogens with one attached hydrogen (secondary N) is 1. The summed E-state index contributed by atoms with van der Waals surface area (Å²) in [5.74, 6) is -0.00111. The number of nitriles is 1. The molecule has 0 aliphatic rings. The highest BCUT2D eigenvalue weighted by Gasteiger charge is 2.11. The lowest BCUT2D eigenvalue weighted by atomic mass is 9.97. The highest BCUT2D eigenvalue weighted by atomic mass is 16.1. The molecule has 0 unspecified atom stereocenters. The second-order valence-electron chi connectivity index (χ2n) is 6.68. The lowest BCUT2D eigenvalue weighted by Gasteiger charge is -2.11. The maximum Gasteiger partial charge on any atom is 0.255 e. The molecule has 29 heavy (non-hydrogen) atoms. The van der Waals surface area contributed by atoms with E-state index in [9.17, 15) is 4.79 Å². The highest BCUT2D eigenvalue weighted by Crippen LogP contribution is 2.28. The van der Waals surface area contributed by atoms with E-state index in [4.69, 9.17) is 11.0 Å². The number of anilines is 2. The molecule has 1 amide bonds. The molecule has 140 valence electrons. The van der Waals surface area contributed by atoms with Gasteiger partial charge in [-0.05, 0) is 66.1 Å². The molecule has 0 aliphatic carbocycles. The van der Waals surface area contributed by atoms with Gasteiger partial charge in [0.25, 0.3) is 5.91 Å². The topological polar surface area (TPSA) is 105 Å². The van der Waals surface area contributed by atoms with Crippen LogP contribution < -0.4 is 11.1 Å². The highest BCUT2D eigenvalue weighted by molar-refractivity contribution is 6.05. The average Bonchev–Trinajstić information content (AvgIpc) is 2.73. The third-order valence-corrected chi connectivity index (χ3v) is 4.66. The van der Waals surface area contributed by atoms with Gasteiger partial charge in [0.1, 0.15) is 0 Å². The number of aromatic nitrogens is 2. The van der Waals surface area contributed by atoms with E-state index < -0.39 is 0 Å². The van der Waals surface area contributed by atoms with Gasteiger partial charge in [-0.2, -0.15) is 5.26 Å². The summed E-state index contributed by atoms with van der Waals surface area (Å²) in [4.78, 5) is 21.0. The van der Waals surface area contributed by atoms with E-state index in [0.717, 1.165) is 27.6 Å². The molecule has 1 heterocycles. The molecule has 0 fully saturated rings. The van der Waals surface area contributed by atoms with Crippen LogP contribution in [0.1, 0.15) is 21.5 Å². The molecule has 4 aromatic rings. The Morgan fingerprint density at radius 3 is 2.79 bits per heavy atom. The Morgan fingerprint density at radius 1 is 1.10 bits per heavy atom. The summed E-state index contributed by atoms with van der Waals surface area (Å²) in [7, 11) is 0. The maximum atomic E-state index is 12.7. The zero-order chi connectivity index (χ0) is 20.4. The molecule has 3 aromatic carbocycles. The standard InChI is InChI=1S/C23H17N5O/c1-14-5-6-17(22(29)27-19-4-2-3-15(9-19)12-24)11-20(14)16-7-8-21-18(10-16)13-26-23(25)28-21/h2-11,13H,1H3,(H,27,29)(H2,25,26,28). The number of rotatable bonds is 3. The van der Waals surface area contributed by atoms with Gasteiger partial charge in [0, 0.05) is 22.8 Å². The van der Waals surface area contributed by atoms with Crippen LogP contribution >= 0.6 is 0 Å². The van der Waals surface area contributed by atoms with Gasteiger partial charge in [0.2, 0.25) is 5.95 Å². The summed E-state index contributed by atoms with van der Waals surface area (Å²) in [5, 5.41) is 12.7. The number of amides is 1. The van der Waals surface area contributed by atoms with E-state index in [1.165, 1.54) is 0 Å². The number of aryl methyl sites for hydroxylation is 1. The lowest BCUT2D eigenvalue weighted by molar-refractivity contribution is 0.102. The van der Waals surface area contributed by atoms with Gasteiger partial charge in [-0.1, -0.05) is 18.2 Å². The number of carbonyl (C=O) groups excluding carboxylic acids is 1. The Labute approximate surface area is 167 Å². The number of benzene rings is 3. The van der Waals surface area contributed by atoms with Crippen molar-refractivity contribution in [3.8, 4) is 17.2 Å². The summed E-state index contributed by atoms with van der Waals surface area (Å²) < 4.78 is 0. The van der Waals surface area contributed by atoms with Crippen LogP contribution in [-0.4, -0.2) is 15.9 Å². The molecular formula is C23H17N5O. The fourth-order valence-corrected chi connectivity index (χ4v) is 3.16. The Morgan fingerprint density at radius 2 is 1.97 bits per heavy atom. The Bertz CT molecular complexity index is 1290. The van der Waals surface area contributed by atoms with Crippen LogP contribution in [0.25, 0.3) is 22.0 Å². The predicted molar refractivity (Wildman–Crippen MR) is 113 cm³/mol. The quantitative estimate of drug-likeness (QED) is 0.552. The second-order valence-corrected chi connectivity index (χ2v) is 6.68. The maximum absolute atomic E-state index is 12.7. The number of fused-ring (bicyclic) bond motifs is 1. The average molecular weight is 379 g/mol. The molecule has 0 bridgehead atoms. The molecule has 1 aromatic heterocycles. The Balaban J connectivity index is 1.68. The van der Waals surface area contributed by atoms with Gasteiger partial charge < -0.3 is 11.1 Å². The zero-order valence-electron chi connectivity index (χ0n) is 15.7. The van der Waals surface area contributed by atoms with E-state index in [1.54, 1.807) is 36.5 Å². The number of hydrogen-bond acceptors (Lipinski definition) is 5. The molecule has 0 spiro atoms. The summed E-state index contributed by atoms with van der Waals surface area (Å²) in [6.45, 7) is 2.00. The minimum atomic E-state index is -0.238. The fourth-order valence-electron chi connectivity index (χ4n) is 3.16. The number of carbonyl (C=O) groups is 1. The molecule has 0 saturated carbocycles. The Kier molecular flexibility index (Phi) is 4.63. The summed E-state index contributed by atoms with van der Waals surface area (Å²) >= 11 is 0. The largest absolute Gasteiger partial charge is 0.368 e. The van der Waals surface area contributed by atoms with Crippen LogP contribution in [0.5, 0.6) is 0 Å². The molecule has 4 rings (SSSR count). The van der Waals surface area contributed by atoms with Crippen molar-refractivity contribution in [1.29, 1.82) is 5.26 Å². The number of nitrogens with two attached hydrogens (primary N) is 1. The van der Waals surface area contributed by atoms with Crippen molar-refractivity contribution in [2.45, 2.75) is 6.92 Å². The van der Waals surface area contributed by atoms with Crippen molar-refractivity contribution in [2.75, 3.05) is 11.1 Å². The van der Waals surface area contributed by atoms with Crippen LogP contribution in [0, 0.1) is 18.3 Å². The van der Waals surface area contributed by atoms with Crippen molar-refractivity contribution < 1.29 is 4.79 Å². The molecule has 3 N–H and O–H groups in total. The first-order chi connectivity index (χ1) is 14.0. The van der Waals surface area contributed by atoms with E-state index in [-0.39, 0.29) is 11.9 Å². The lowest BCUT2D eigenvalue weighted by Crippen LogP contribution is -2.12. The third-order valence-electron chi connectivity index (χ3n) is 4.66. The molecule has 0 aliphatic heterocycles. The molecule has 6 heteroatoms. The summed E-state index contributed by atoms with van der Waals surface area (Å²) in [6.07, 6.45) is 1.69. The van der Waals surface area contributed by atoms with E-state index >= 15 is 0 Å². The molecule has 0 atom stereocenters. The number of hydrogen-bond donors (Lipinski definition) is 2. The van der Waals surface area contributed by atoms with Gasteiger partial charge >= 0.3 is 0 Å². The van der Waals surface area contributed by atoms with Crippen molar-refractivity contribution in [2.24, 2.45) is 0 Å². The normalized spacial score (nSPS) is 10.5. The molecular weight excluding hydrogens is 362 g/mol. The van der Waals surface area contributed by atoms with Crippen LogP contribution in [0.2, 0.25) is 0 Å². The van der Waals surface area contributed by atoms with Gasteiger partial charge in [0.15, 0.2) is 0 Å². The fraction of sp³-hybridized carbons (Fsp3) is 0.0435. The van der Waals surface area contributed by atoms with E-state index in [1.807, 2.05) is 37.3 Å². The van der Waals surface area contributed by atoms with Gasteiger partial charge in [0.05, 0.1) is 17.1 Å². The van der Waals surface area contributed by atoms with Gasteiger partial charge in [-0.3, -0.25) is 4.79 Å². The first-order valence-corrected chi connectivity index (χ1v) is 8.98. The zero-order valence-corrected chi connectivity index (χ0v) is 15.7. The van der Waals surface area contributed by atoms with Gasteiger partial charge in [-0.15, -0.1) is 0 Å². The van der Waals surface area contributed by atoms with E-state index in [2.05, 4.69) is 21.4 Å². The number of nitrogen functional groups attached to an aromatic ring is 1. The van der Waals surface area contributed by atoms with Crippen molar-refractivity contribution >= 4 is 28.4 Å². The summed E-state index contributed by atoms with van der Waals surface area (Å²) in [6, 6.07) is 20.3. The van der Waals surface area contributed by atoms with Crippen molar-refractivity contribution in [3.05, 3.63) is 83.6 Å². The first-order valence-electron chi connectivity index (χ1n) is 8.98. The predicted octanol–water partition coefficient (Wildman–Crippen LogP) is 4.31. The minimum Gasteiger partial charge on any atom is -0.368 e. The Hall–Kier alpha value is -4.24. The first kappa shape index (κ1) is 18.1. The van der Waals surface area contributed by atoms with Crippen LogP contribution in [0.3, 0.4) is 0 Å². The van der Waals surface area contributed by atoms with Crippen molar-refractivity contribution in [3.63, 3.8) is 0 Å². The number of nitrogens with zero attached hydrogens (tertiary/aromatic N) is 3. The summed E-state index contributed by atoms with van der Waals surface area (Å²) in [5.41, 5.74) is 11.0. The molecule has 6 nitrogen and oxygen atoms in total. The molecule has 0 radical (unpaired) electrons. The third kappa shape index (κ3) is 3.75. The van der Waals surface area contributed by atoms with Crippen LogP contribution in [-0.2, 0) is 0 Å². The second kappa shape index (κ2) is 7.41. The SMILES string of the molecule is Cc1ccc(C(=O)Nc2cccc(C#N)c2)cc1-c1ccc2nc(N)ncc2c1. The molecule has 0 saturated heterocycles. The minimum absolute atomic E-state index is 0.237. The monoisotopic (exact) mass is 379 g/mol. The van der Waals surface area contributed by atoms with Crippen LogP contribution in [0.4, 0.5) is 11.6 Å². The van der Waals surface area contributed by atoms with Gasteiger partial charge in [-0.25, -0.2) is 9.97 Å². The smallest absolute Gasteiger partial charge is 0.255 e.